The maximum Gasteiger partial charge on any atom is 0.351 e. The quantitative estimate of drug-likeness (QED) is 0.699. The molecule has 14 heavy (non-hydrogen) atoms. The molecule has 0 fully saturated rings. The normalized spacial score (nSPS) is 11.4. The molecule has 1 aromatic carbocycles. The molecule has 0 spiro atoms. The van der Waals surface area contributed by atoms with E-state index in [2.05, 4.69) is 0 Å². The highest BCUT2D eigenvalue weighted by Crippen LogP contribution is 2.11. The first-order chi connectivity index (χ1) is 6.49. The highest BCUT2D eigenvalue weighted by Gasteiger charge is 2.01. The smallest absolute Gasteiger partial charge is 0.351 e. The second-order valence-corrected chi connectivity index (χ2v) is 3.33. The van der Waals surface area contributed by atoms with Crippen molar-refractivity contribution >= 4 is 12.0 Å². The molecule has 74 valence electrons. The fourth-order valence-corrected chi connectivity index (χ4v) is 1.33. The molecule has 0 aliphatic rings. The van der Waals surface area contributed by atoms with Crippen LogP contribution in [0.2, 0.25) is 0 Å². The van der Waals surface area contributed by atoms with Crippen molar-refractivity contribution in [3.8, 4) is 0 Å². The van der Waals surface area contributed by atoms with Gasteiger partial charge in [0.15, 0.2) is 0 Å². The molecule has 0 bridgehead atoms. The Hall–Kier alpha value is -1.77. The highest BCUT2D eigenvalue weighted by atomic mass is 16.4. The largest absolute Gasteiger partial charge is 0.477 e. The third-order valence-corrected chi connectivity index (χ3v) is 1.81. The standard InChI is InChI=1S/C11H13NO2/c1-7-3-8(2)5-9(4-7)6-10(12)11(13)14/h3-6H,12H2,1-2H3,(H,13,14)/b10-6+. The molecule has 3 nitrogen and oxygen atoms in total. The van der Waals surface area contributed by atoms with E-state index < -0.39 is 5.97 Å². The number of carboxylic acid groups (broad SMARTS) is 1. The van der Waals surface area contributed by atoms with Gasteiger partial charge in [-0.3, -0.25) is 0 Å². The summed E-state index contributed by atoms with van der Waals surface area (Å²) in [5.41, 5.74) is 8.17. The van der Waals surface area contributed by atoms with Crippen LogP contribution in [-0.4, -0.2) is 11.1 Å². The molecule has 0 saturated heterocycles. The van der Waals surface area contributed by atoms with Crippen molar-refractivity contribution in [3.05, 3.63) is 40.6 Å². The van der Waals surface area contributed by atoms with Gasteiger partial charge in [0.2, 0.25) is 0 Å². The molecule has 0 unspecified atom stereocenters. The van der Waals surface area contributed by atoms with Crippen molar-refractivity contribution in [2.45, 2.75) is 13.8 Å². The van der Waals surface area contributed by atoms with Crippen molar-refractivity contribution in [3.63, 3.8) is 0 Å². The van der Waals surface area contributed by atoms with Gasteiger partial charge in [0.25, 0.3) is 0 Å². The molecule has 1 aromatic rings. The average molecular weight is 191 g/mol. The molecule has 1 rings (SSSR count). The Bertz CT molecular complexity index is 374. The molecule has 0 heterocycles. The predicted octanol–water partition coefficient (Wildman–Crippen LogP) is 1.69. The maximum absolute atomic E-state index is 10.5. The summed E-state index contributed by atoms with van der Waals surface area (Å²) in [5.74, 6) is -1.09. The van der Waals surface area contributed by atoms with Gasteiger partial charge in [0, 0.05) is 0 Å². The van der Waals surface area contributed by atoms with Gasteiger partial charge in [-0.1, -0.05) is 29.3 Å². The first-order valence-electron chi connectivity index (χ1n) is 4.28. The second-order valence-electron chi connectivity index (χ2n) is 3.33. The van der Waals surface area contributed by atoms with Gasteiger partial charge in [-0.15, -0.1) is 0 Å². The highest BCUT2D eigenvalue weighted by molar-refractivity contribution is 5.91. The molecule has 0 saturated carbocycles. The number of aliphatic carboxylic acids is 1. The fraction of sp³-hybridized carbons (Fsp3) is 0.182. The second kappa shape index (κ2) is 3.96. The van der Waals surface area contributed by atoms with Crippen molar-refractivity contribution in [2.24, 2.45) is 5.73 Å². The molecule has 3 N–H and O–H groups in total. The topological polar surface area (TPSA) is 63.3 Å². The van der Waals surface area contributed by atoms with Gasteiger partial charge in [-0.25, -0.2) is 4.79 Å². The molecular weight excluding hydrogens is 178 g/mol. The number of aryl methyl sites for hydroxylation is 2. The van der Waals surface area contributed by atoms with E-state index in [-0.39, 0.29) is 5.70 Å². The van der Waals surface area contributed by atoms with Crippen LogP contribution < -0.4 is 5.73 Å². The van der Waals surface area contributed by atoms with Crippen molar-refractivity contribution in [2.75, 3.05) is 0 Å². The number of carbonyl (C=O) groups is 1. The number of hydrogen-bond acceptors (Lipinski definition) is 2. The van der Waals surface area contributed by atoms with Crippen molar-refractivity contribution in [1.29, 1.82) is 0 Å². The zero-order valence-electron chi connectivity index (χ0n) is 8.24. The molecule has 0 aromatic heterocycles. The van der Waals surface area contributed by atoms with Gasteiger partial charge in [0.1, 0.15) is 5.70 Å². The maximum atomic E-state index is 10.5. The minimum Gasteiger partial charge on any atom is -0.477 e. The van der Waals surface area contributed by atoms with Crippen molar-refractivity contribution in [1.82, 2.24) is 0 Å². The lowest BCUT2D eigenvalue weighted by atomic mass is 10.1. The monoisotopic (exact) mass is 191 g/mol. The average Bonchev–Trinajstić information content (AvgIpc) is 2.01. The summed E-state index contributed by atoms with van der Waals surface area (Å²) in [6, 6.07) is 5.81. The van der Waals surface area contributed by atoms with Crippen LogP contribution in [0.4, 0.5) is 0 Å². The summed E-state index contributed by atoms with van der Waals surface area (Å²) in [4.78, 5) is 10.5. The first-order valence-corrected chi connectivity index (χ1v) is 4.28. The van der Waals surface area contributed by atoms with Crippen LogP contribution in [0.15, 0.2) is 23.9 Å². The van der Waals surface area contributed by atoms with Crippen LogP contribution in [0.25, 0.3) is 6.08 Å². The van der Waals surface area contributed by atoms with Crippen LogP contribution in [0.3, 0.4) is 0 Å². The zero-order chi connectivity index (χ0) is 10.7. The molecule has 3 heteroatoms. The van der Waals surface area contributed by atoms with E-state index in [1.165, 1.54) is 6.08 Å². The Balaban J connectivity index is 3.08. The SMILES string of the molecule is Cc1cc(C)cc(/C=C(/N)C(=O)O)c1. The van der Waals surface area contributed by atoms with Gasteiger partial charge >= 0.3 is 5.97 Å². The zero-order valence-corrected chi connectivity index (χ0v) is 8.24. The molecule has 0 radical (unpaired) electrons. The Labute approximate surface area is 82.9 Å². The summed E-state index contributed by atoms with van der Waals surface area (Å²) in [5, 5.41) is 8.59. The minimum atomic E-state index is -1.09. The van der Waals surface area contributed by atoms with Crippen molar-refractivity contribution < 1.29 is 9.90 Å². The molecule has 0 aliphatic carbocycles. The van der Waals surface area contributed by atoms with Crippen LogP contribution in [0.1, 0.15) is 16.7 Å². The van der Waals surface area contributed by atoms with Gasteiger partial charge in [0.05, 0.1) is 0 Å². The number of nitrogens with two attached hydrogens (primary N) is 1. The fourth-order valence-electron chi connectivity index (χ4n) is 1.33. The van der Waals surface area contributed by atoms with E-state index >= 15 is 0 Å². The van der Waals surface area contributed by atoms with E-state index in [0.29, 0.717) is 0 Å². The first kappa shape index (κ1) is 10.3. The number of carboxylic acids is 1. The summed E-state index contributed by atoms with van der Waals surface area (Å²) < 4.78 is 0. The molecule has 0 aliphatic heterocycles. The summed E-state index contributed by atoms with van der Waals surface area (Å²) in [6.45, 7) is 3.92. The lowest BCUT2D eigenvalue weighted by Crippen LogP contribution is -2.09. The third kappa shape index (κ3) is 2.62. The van der Waals surface area contributed by atoms with E-state index in [9.17, 15) is 4.79 Å². The van der Waals surface area contributed by atoms with E-state index in [0.717, 1.165) is 16.7 Å². The van der Waals surface area contributed by atoms with Gasteiger partial charge in [-0.2, -0.15) is 0 Å². The van der Waals surface area contributed by atoms with E-state index in [4.69, 9.17) is 10.8 Å². The molecule has 0 amide bonds. The minimum absolute atomic E-state index is 0.144. The lowest BCUT2D eigenvalue weighted by Gasteiger charge is -2.00. The Morgan fingerprint density at radius 1 is 1.29 bits per heavy atom. The van der Waals surface area contributed by atoms with Gasteiger partial charge in [-0.05, 0) is 25.5 Å². The molecule has 0 atom stereocenters. The summed E-state index contributed by atoms with van der Waals surface area (Å²) in [7, 11) is 0. The van der Waals surface area contributed by atoms with Gasteiger partial charge < -0.3 is 10.8 Å². The van der Waals surface area contributed by atoms with E-state index in [1.807, 2.05) is 32.0 Å². The third-order valence-electron chi connectivity index (χ3n) is 1.81. The number of hydrogen-bond donors (Lipinski definition) is 2. The summed E-state index contributed by atoms with van der Waals surface area (Å²) in [6.07, 6.45) is 1.46. The van der Waals surface area contributed by atoms with Crippen LogP contribution in [-0.2, 0) is 4.79 Å². The van der Waals surface area contributed by atoms with E-state index in [1.54, 1.807) is 0 Å². The number of rotatable bonds is 2. The van der Waals surface area contributed by atoms with Crippen LogP contribution in [0, 0.1) is 13.8 Å². The number of benzene rings is 1. The van der Waals surface area contributed by atoms with Crippen LogP contribution >= 0.6 is 0 Å². The lowest BCUT2D eigenvalue weighted by molar-refractivity contribution is -0.132. The Morgan fingerprint density at radius 2 is 1.79 bits per heavy atom. The summed E-state index contributed by atoms with van der Waals surface area (Å²) >= 11 is 0. The Morgan fingerprint density at radius 3 is 2.21 bits per heavy atom. The molecular formula is C11H13NO2. The van der Waals surface area contributed by atoms with Crippen LogP contribution in [0.5, 0.6) is 0 Å². The predicted molar refractivity (Wildman–Crippen MR) is 55.7 cm³/mol. The Kier molecular flexibility index (Phi) is 2.92.